The van der Waals surface area contributed by atoms with Gasteiger partial charge in [-0.2, -0.15) is 0 Å². The maximum Gasteiger partial charge on any atom is 0.219 e. The van der Waals surface area contributed by atoms with Gasteiger partial charge in [0.2, 0.25) is 5.91 Å². The fraction of sp³-hybridized carbons (Fsp3) is 0.750. The normalized spacial score (nSPS) is 19.7. The summed E-state index contributed by atoms with van der Waals surface area (Å²) in [7, 11) is 0. The Labute approximate surface area is 126 Å². The highest BCUT2D eigenvalue weighted by atomic mass is 16.1. The molecule has 1 aliphatic carbocycles. The van der Waals surface area contributed by atoms with Gasteiger partial charge in [0, 0.05) is 43.1 Å². The number of nitrogens with two attached hydrogens (primary N) is 1. The molecule has 1 saturated carbocycles. The fourth-order valence-corrected chi connectivity index (χ4v) is 3.97. The highest BCUT2D eigenvalue weighted by molar-refractivity contribution is 5.74. The number of rotatable bonds is 4. The van der Waals surface area contributed by atoms with Crippen molar-refractivity contribution in [2.24, 2.45) is 5.73 Å². The summed E-state index contributed by atoms with van der Waals surface area (Å²) in [4.78, 5) is 16.4. The van der Waals surface area contributed by atoms with Crippen molar-refractivity contribution in [3.8, 4) is 0 Å². The van der Waals surface area contributed by atoms with Gasteiger partial charge in [-0.25, -0.2) is 4.98 Å². The third kappa shape index (κ3) is 2.71. The zero-order valence-corrected chi connectivity index (χ0v) is 13.1. The Kier molecular flexibility index (Phi) is 3.78. The number of carbonyl (C=O) groups excluding carboxylic acids is 1. The lowest BCUT2D eigenvalue weighted by molar-refractivity contribution is -0.119. The zero-order chi connectivity index (χ0) is 15.0. The van der Waals surface area contributed by atoms with Crippen LogP contribution in [-0.4, -0.2) is 22.0 Å². The summed E-state index contributed by atoms with van der Waals surface area (Å²) in [6.07, 6.45) is 6.36. The molecule has 116 valence electrons. The lowest BCUT2D eigenvalue weighted by Crippen LogP contribution is -2.36. The summed E-state index contributed by atoms with van der Waals surface area (Å²) in [6.45, 7) is 6.05. The number of amides is 1. The Morgan fingerprint density at radius 2 is 2.14 bits per heavy atom. The first-order valence-corrected chi connectivity index (χ1v) is 8.09. The van der Waals surface area contributed by atoms with Crippen molar-refractivity contribution in [1.82, 2.24) is 14.9 Å². The van der Waals surface area contributed by atoms with Gasteiger partial charge in [0.25, 0.3) is 0 Å². The van der Waals surface area contributed by atoms with Crippen molar-refractivity contribution in [2.45, 2.75) is 70.4 Å². The summed E-state index contributed by atoms with van der Waals surface area (Å²) in [5, 5.41) is 3.40. The molecular weight excluding hydrogens is 264 g/mol. The summed E-state index contributed by atoms with van der Waals surface area (Å²) >= 11 is 0. The summed E-state index contributed by atoms with van der Waals surface area (Å²) in [5.74, 6) is 1.49. The molecule has 0 aromatic carbocycles. The Morgan fingerprint density at radius 3 is 2.81 bits per heavy atom. The first-order valence-electron chi connectivity index (χ1n) is 8.09. The molecule has 0 unspecified atom stereocenters. The molecule has 21 heavy (non-hydrogen) atoms. The van der Waals surface area contributed by atoms with E-state index in [0.717, 1.165) is 19.5 Å². The van der Waals surface area contributed by atoms with Crippen molar-refractivity contribution < 1.29 is 4.79 Å². The molecule has 5 nitrogen and oxygen atoms in total. The van der Waals surface area contributed by atoms with E-state index in [-0.39, 0.29) is 11.4 Å². The quantitative estimate of drug-likeness (QED) is 0.888. The van der Waals surface area contributed by atoms with E-state index in [9.17, 15) is 4.79 Å². The van der Waals surface area contributed by atoms with Crippen molar-refractivity contribution >= 4 is 5.91 Å². The van der Waals surface area contributed by atoms with Crippen molar-refractivity contribution in [1.29, 1.82) is 0 Å². The van der Waals surface area contributed by atoms with Gasteiger partial charge in [-0.15, -0.1) is 0 Å². The maximum absolute atomic E-state index is 11.5. The average molecular weight is 290 g/mol. The predicted octanol–water partition coefficient (Wildman–Crippen LogP) is 1.80. The number of imidazole rings is 1. The van der Waals surface area contributed by atoms with E-state index in [4.69, 9.17) is 10.7 Å². The Balaban J connectivity index is 2.06. The second-order valence-electron chi connectivity index (χ2n) is 7.06. The van der Waals surface area contributed by atoms with E-state index in [2.05, 4.69) is 23.7 Å². The Morgan fingerprint density at radius 1 is 1.43 bits per heavy atom. The van der Waals surface area contributed by atoms with E-state index in [1.165, 1.54) is 42.9 Å². The molecule has 1 fully saturated rings. The average Bonchev–Trinajstić information content (AvgIpc) is 3.04. The third-order valence-corrected chi connectivity index (χ3v) is 4.85. The van der Waals surface area contributed by atoms with E-state index in [1.54, 1.807) is 0 Å². The third-order valence-electron chi connectivity index (χ3n) is 4.85. The van der Waals surface area contributed by atoms with Crippen LogP contribution in [0.15, 0.2) is 0 Å². The van der Waals surface area contributed by atoms with Gasteiger partial charge in [0.1, 0.15) is 5.82 Å². The second-order valence-corrected chi connectivity index (χ2v) is 7.06. The maximum atomic E-state index is 11.5. The van der Waals surface area contributed by atoms with Crippen LogP contribution in [0.25, 0.3) is 0 Å². The van der Waals surface area contributed by atoms with Gasteiger partial charge >= 0.3 is 0 Å². The van der Waals surface area contributed by atoms with Crippen molar-refractivity contribution in [3.05, 3.63) is 17.2 Å². The predicted molar refractivity (Wildman–Crippen MR) is 82.0 cm³/mol. The van der Waals surface area contributed by atoms with Gasteiger partial charge in [0.05, 0.1) is 5.69 Å². The number of hydrogen-bond donors (Lipinski definition) is 2. The van der Waals surface area contributed by atoms with Crippen LogP contribution in [0, 0.1) is 0 Å². The van der Waals surface area contributed by atoms with Gasteiger partial charge in [0.15, 0.2) is 0 Å². The Bertz CT molecular complexity index is 541. The molecule has 3 N–H and O–H groups in total. The van der Waals surface area contributed by atoms with Crippen LogP contribution < -0.4 is 11.1 Å². The number of nitrogens with zero attached hydrogens (tertiary/aromatic N) is 2. The smallest absolute Gasteiger partial charge is 0.219 e. The minimum absolute atomic E-state index is 0.242. The molecule has 0 spiro atoms. The van der Waals surface area contributed by atoms with E-state index in [0.29, 0.717) is 12.3 Å². The number of primary amides is 1. The zero-order valence-electron chi connectivity index (χ0n) is 13.1. The molecular formula is C16H26N4O. The van der Waals surface area contributed by atoms with Crippen LogP contribution in [0.5, 0.6) is 0 Å². The summed E-state index contributed by atoms with van der Waals surface area (Å²) in [5.41, 5.74) is 7.66. The molecule has 1 aromatic rings. The Hall–Kier alpha value is -1.36. The standard InChI is InChI=1S/C16H26N4O/c1-16(2,9-14(17)21)20-13-7-8-18-10-12(13)19-15(20)11-5-3-4-6-11/h11,18H,3-10H2,1-2H3,(H2,17,21). The molecule has 2 aliphatic rings. The van der Waals surface area contributed by atoms with Crippen LogP contribution in [0.4, 0.5) is 0 Å². The SMILES string of the molecule is CC(C)(CC(N)=O)n1c(C2CCCC2)nc2c1CCNC2. The molecule has 3 rings (SSSR count). The minimum atomic E-state index is -0.290. The van der Waals surface area contributed by atoms with Gasteiger partial charge in [-0.1, -0.05) is 12.8 Å². The van der Waals surface area contributed by atoms with Crippen LogP contribution in [-0.2, 0) is 23.3 Å². The number of aromatic nitrogens is 2. The molecule has 0 saturated heterocycles. The summed E-state index contributed by atoms with van der Waals surface area (Å²) in [6, 6.07) is 0. The lowest BCUT2D eigenvalue weighted by Gasteiger charge is -2.32. The molecule has 0 radical (unpaired) electrons. The minimum Gasteiger partial charge on any atom is -0.370 e. The molecule has 1 aromatic heterocycles. The van der Waals surface area contributed by atoms with Crippen LogP contribution in [0.1, 0.15) is 69.1 Å². The molecule has 1 amide bonds. The molecule has 2 heterocycles. The van der Waals surface area contributed by atoms with Crippen molar-refractivity contribution in [3.63, 3.8) is 0 Å². The largest absolute Gasteiger partial charge is 0.370 e. The number of fused-ring (bicyclic) bond motifs is 1. The van der Waals surface area contributed by atoms with E-state index < -0.39 is 0 Å². The van der Waals surface area contributed by atoms with Gasteiger partial charge in [-0.3, -0.25) is 4.79 Å². The van der Waals surface area contributed by atoms with Gasteiger partial charge < -0.3 is 15.6 Å². The highest BCUT2D eigenvalue weighted by Gasteiger charge is 2.34. The first-order chi connectivity index (χ1) is 9.99. The molecule has 1 aliphatic heterocycles. The second kappa shape index (κ2) is 5.44. The lowest BCUT2D eigenvalue weighted by atomic mass is 9.96. The first kappa shape index (κ1) is 14.6. The molecule has 0 bridgehead atoms. The monoisotopic (exact) mass is 290 g/mol. The van der Waals surface area contributed by atoms with E-state index >= 15 is 0 Å². The van der Waals surface area contributed by atoms with E-state index in [1.807, 2.05) is 0 Å². The van der Waals surface area contributed by atoms with Gasteiger partial charge in [-0.05, 0) is 26.7 Å². The van der Waals surface area contributed by atoms with Crippen molar-refractivity contribution in [2.75, 3.05) is 6.54 Å². The fourth-order valence-electron chi connectivity index (χ4n) is 3.97. The number of hydrogen-bond acceptors (Lipinski definition) is 3. The topological polar surface area (TPSA) is 72.9 Å². The van der Waals surface area contributed by atoms with Crippen LogP contribution in [0.2, 0.25) is 0 Å². The molecule has 0 atom stereocenters. The van der Waals surface area contributed by atoms with Crippen LogP contribution in [0.3, 0.4) is 0 Å². The number of carbonyl (C=O) groups is 1. The molecule has 5 heteroatoms. The van der Waals surface area contributed by atoms with Crippen LogP contribution >= 0.6 is 0 Å². The number of nitrogens with one attached hydrogen (secondary N) is 1. The highest BCUT2D eigenvalue weighted by Crippen LogP contribution is 2.38. The summed E-state index contributed by atoms with van der Waals surface area (Å²) < 4.78 is 2.35.